The van der Waals surface area contributed by atoms with Crippen molar-refractivity contribution in [2.75, 3.05) is 44.2 Å². The predicted molar refractivity (Wildman–Crippen MR) is 133 cm³/mol. The van der Waals surface area contributed by atoms with Crippen molar-refractivity contribution in [3.63, 3.8) is 0 Å². The van der Waals surface area contributed by atoms with E-state index in [2.05, 4.69) is 20.2 Å². The summed E-state index contributed by atoms with van der Waals surface area (Å²) in [6.07, 6.45) is 5.73. The highest BCUT2D eigenvalue weighted by molar-refractivity contribution is 6.43. The molecule has 0 saturated carbocycles. The predicted octanol–water partition coefficient (Wildman–Crippen LogP) is 4.26. The van der Waals surface area contributed by atoms with Crippen LogP contribution in [0.15, 0.2) is 42.7 Å². The van der Waals surface area contributed by atoms with Gasteiger partial charge in [-0.1, -0.05) is 29.3 Å². The van der Waals surface area contributed by atoms with Gasteiger partial charge in [-0.15, -0.1) is 0 Å². The van der Waals surface area contributed by atoms with Crippen molar-refractivity contribution in [1.82, 2.24) is 19.8 Å². The molecular formula is C24H29Cl2N5O2. The van der Waals surface area contributed by atoms with Crippen molar-refractivity contribution in [2.24, 2.45) is 0 Å². The lowest BCUT2D eigenvalue weighted by molar-refractivity contribution is -0.119. The average molecular weight is 490 g/mol. The van der Waals surface area contributed by atoms with Crippen molar-refractivity contribution in [3.8, 4) is 5.75 Å². The summed E-state index contributed by atoms with van der Waals surface area (Å²) in [4.78, 5) is 16.0. The number of benzene rings is 1. The molecular weight excluding hydrogens is 461 g/mol. The van der Waals surface area contributed by atoms with Gasteiger partial charge in [0, 0.05) is 57.5 Å². The summed E-state index contributed by atoms with van der Waals surface area (Å²) < 4.78 is 7.76. The second kappa shape index (κ2) is 11.1. The van der Waals surface area contributed by atoms with E-state index in [1.54, 1.807) is 10.7 Å². The zero-order valence-corrected chi connectivity index (χ0v) is 20.3. The molecule has 1 aromatic carbocycles. The van der Waals surface area contributed by atoms with Crippen molar-refractivity contribution in [2.45, 2.75) is 26.3 Å². The lowest BCUT2D eigenvalue weighted by Crippen LogP contribution is -2.46. The first-order chi connectivity index (χ1) is 16.0. The van der Waals surface area contributed by atoms with Crippen LogP contribution in [0.3, 0.4) is 0 Å². The molecule has 3 aromatic rings. The number of hydrogen-bond acceptors (Lipinski definition) is 5. The third kappa shape index (κ3) is 6.10. The van der Waals surface area contributed by atoms with Crippen LogP contribution in [0, 0.1) is 0 Å². The van der Waals surface area contributed by atoms with Crippen molar-refractivity contribution >= 4 is 40.3 Å². The number of carbonyl (C=O) groups is 1. The van der Waals surface area contributed by atoms with Gasteiger partial charge in [-0.25, -0.2) is 4.52 Å². The van der Waals surface area contributed by atoms with Crippen molar-refractivity contribution < 1.29 is 9.53 Å². The number of rotatable bonds is 9. The molecule has 176 valence electrons. The van der Waals surface area contributed by atoms with Gasteiger partial charge in [0.05, 0.1) is 34.1 Å². The quantitative estimate of drug-likeness (QED) is 0.455. The summed E-state index contributed by atoms with van der Waals surface area (Å²) in [7, 11) is 0. The first-order valence-corrected chi connectivity index (χ1v) is 12.0. The minimum atomic E-state index is -0.0589. The maximum absolute atomic E-state index is 11.2. The van der Waals surface area contributed by atoms with Crippen LogP contribution in [-0.4, -0.2) is 59.8 Å². The second-order valence-electron chi connectivity index (χ2n) is 8.23. The number of ether oxygens (including phenoxy) is 1. The highest BCUT2D eigenvalue weighted by Gasteiger charge is 2.19. The highest BCUT2D eigenvalue weighted by atomic mass is 35.5. The van der Waals surface area contributed by atoms with Crippen LogP contribution in [0.25, 0.3) is 5.52 Å². The van der Waals surface area contributed by atoms with Crippen LogP contribution >= 0.6 is 23.2 Å². The van der Waals surface area contributed by atoms with Gasteiger partial charge >= 0.3 is 0 Å². The van der Waals surface area contributed by atoms with Crippen LogP contribution < -0.4 is 15.0 Å². The van der Waals surface area contributed by atoms with Gasteiger partial charge in [0.15, 0.2) is 0 Å². The molecule has 0 aliphatic carbocycles. The van der Waals surface area contributed by atoms with E-state index in [-0.39, 0.29) is 5.91 Å². The Labute approximate surface area is 204 Å². The van der Waals surface area contributed by atoms with Gasteiger partial charge < -0.3 is 15.0 Å². The summed E-state index contributed by atoms with van der Waals surface area (Å²) in [5, 5.41) is 8.38. The minimum absolute atomic E-state index is 0.0589. The van der Waals surface area contributed by atoms with Crippen LogP contribution in [0.1, 0.15) is 25.3 Å². The molecule has 1 fully saturated rings. The third-order valence-corrected chi connectivity index (χ3v) is 6.69. The number of nitrogens with zero attached hydrogens (tertiary/aromatic N) is 4. The lowest BCUT2D eigenvalue weighted by Gasteiger charge is -2.36. The molecule has 0 radical (unpaired) electrons. The normalized spacial score (nSPS) is 14.6. The smallest absolute Gasteiger partial charge is 0.217 e. The number of hydrogen-bond donors (Lipinski definition) is 1. The number of aromatic nitrogens is 2. The third-order valence-electron chi connectivity index (χ3n) is 5.88. The van der Waals surface area contributed by atoms with Crippen LogP contribution in [-0.2, 0) is 11.3 Å². The summed E-state index contributed by atoms with van der Waals surface area (Å²) in [6.45, 7) is 7.61. The maximum Gasteiger partial charge on any atom is 0.217 e. The van der Waals surface area contributed by atoms with Crippen molar-refractivity contribution in [1.29, 1.82) is 0 Å². The van der Waals surface area contributed by atoms with Gasteiger partial charge in [0.2, 0.25) is 5.91 Å². The molecule has 1 N–H and O–H groups in total. The maximum atomic E-state index is 11.2. The number of fused-ring (bicyclic) bond motifs is 1. The molecule has 1 aliphatic heterocycles. The molecule has 0 atom stereocenters. The second-order valence-corrected chi connectivity index (χ2v) is 9.01. The van der Waals surface area contributed by atoms with E-state index in [1.807, 2.05) is 36.5 Å². The van der Waals surface area contributed by atoms with E-state index in [0.29, 0.717) is 23.2 Å². The number of pyridine rings is 1. The molecule has 1 saturated heterocycles. The summed E-state index contributed by atoms with van der Waals surface area (Å²) in [5.74, 6) is 0.760. The number of halogens is 2. The fourth-order valence-corrected chi connectivity index (χ4v) is 4.45. The Morgan fingerprint density at radius 2 is 1.97 bits per heavy atom. The largest absolute Gasteiger partial charge is 0.493 e. The molecule has 1 amide bonds. The minimum Gasteiger partial charge on any atom is -0.493 e. The van der Waals surface area contributed by atoms with Gasteiger partial charge in [-0.2, -0.15) is 5.10 Å². The Hall–Kier alpha value is -2.48. The van der Waals surface area contributed by atoms with Crippen LogP contribution in [0.4, 0.5) is 5.69 Å². The van der Waals surface area contributed by atoms with Crippen LogP contribution in [0.5, 0.6) is 5.75 Å². The summed E-state index contributed by atoms with van der Waals surface area (Å²) in [5.41, 5.74) is 2.93. The fraction of sp³-hybridized carbons (Fsp3) is 0.417. The SMILES string of the molecule is CC(=O)NCc1cnn2ccc(OCCCCN3CCN(c4cccc(Cl)c4Cl)CC3)cc12. The standard InChI is InChI=1S/C24H29Cl2N5O2/c1-18(32)27-16-19-17-28-31-9-7-20(15-23(19)31)33-14-3-2-8-29-10-12-30(13-11-29)22-6-4-5-21(25)24(22)26/h4-7,9,15,17H,2-3,8,10-14,16H2,1H3,(H,27,32). The molecule has 4 rings (SSSR count). The molecule has 0 spiro atoms. The Morgan fingerprint density at radius 1 is 1.15 bits per heavy atom. The Balaban J connectivity index is 1.18. The molecule has 2 aromatic heterocycles. The average Bonchev–Trinajstić information content (AvgIpc) is 3.22. The molecule has 3 heterocycles. The van der Waals surface area contributed by atoms with E-state index in [1.165, 1.54) is 6.92 Å². The van der Waals surface area contributed by atoms with Crippen molar-refractivity contribution in [3.05, 3.63) is 58.3 Å². The zero-order valence-electron chi connectivity index (χ0n) is 18.8. The van der Waals surface area contributed by atoms with Gasteiger partial charge in [-0.05, 0) is 37.6 Å². The first kappa shape index (κ1) is 23.7. The molecule has 33 heavy (non-hydrogen) atoms. The monoisotopic (exact) mass is 489 g/mol. The van der Waals surface area contributed by atoms with Gasteiger partial charge in [0.1, 0.15) is 5.75 Å². The molecule has 0 unspecified atom stereocenters. The van der Waals surface area contributed by atoms with Gasteiger partial charge in [-0.3, -0.25) is 9.69 Å². The number of anilines is 1. The molecule has 7 nitrogen and oxygen atoms in total. The van der Waals surface area contributed by atoms with E-state index in [9.17, 15) is 4.79 Å². The number of unbranched alkanes of at least 4 members (excludes halogenated alkanes) is 1. The zero-order chi connectivity index (χ0) is 23.2. The number of carbonyl (C=O) groups excluding carboxylic acids is 1. The van der Waals surface area contributed by atoms with Crippen LogP contribution in [0.2, 0.25) is 10.0 Å². The fourth-order valence-electron chi connectivity index (χ4n) is 4.03. The molecule has 0 bridgehead atoms. The molecule has 1 aliphatic rings. The number of nitrogens with one attached hydrogen (secondary N) is 1. The topological polar surface area (TPSA) is 62.1 Å². The van der Waals surface area contributed by atoms with E-state index >= 15 is 0 Å². The summed E-state index contributed by atoms with van der Waals surface area (Å²) >= 11 is 12.5. The van der Waals surface area contributed by atoms with E-state index in [0.717, 1.165) is 68.1 Å². The summed E-state index contributed by atoms with van der Waals surface area (Å²) in [6, 6.07) is 9.70. The van der Waals surface area contributed by atoms with Gasteiger partial charge in [0.25, 0.3) is 0 Å². The Kier molecular flexibility index (Phi) is 7.96. The number of amides is 1. The Bertz CT molecular complexity index is 1100. The first-order valence-electron chi connectivity index (χ1n) is 11.3. The lowest BCUT2D eigenvalue weighted by atomic mass is 10.2. The Morgan fingerprint density at radius 3 is 2.76 bits per heavy atom. The van der Waals surface area contributed by atoms with E-state index < -0.39 is 0 Å². The number of piperazine rings is 1. The molecule has 9 heteroatoms. The van der Waals surface area contributed by atoms with E-state index in [4.69, 9.17) is 27.9 Å². The highest BCUT2D eigenvalue weighted by Crippen LogP contribution is 2.32.